The smallest absolute Gasteiger partial charge is 0.213 e. The van der Waals surface area contributed by atoms with Crippen LogP contribution in [0.15, 0.2) is 42.6 Å². The number of methoxy groups -OCH3 is 1. The van der Waals surface area contributed by atoms with Gasteiger partial charge in [-0.1, -0.05) is 45.0 Å². The molecule has 0 radical (unpaired) electrons. The molecule has 0 saturated carbocycles. The van der Waals surface area contributed by atoms with Crippen LogP contribution in [-0.4, -0.2) is 12.1 Å². The average Bonchev–Trinajstić information content (AvgIpc) is 2.47. The molecule has 1 N–H and O–H groups in total. The summed E-state index contributed by atoms with van der Waals surface area (Å²) in [5, 5.41) is 3.44. The third-order valence-corrected chi connectivity index (χ3v) is 3.49. The second kappa shape index (κ2) is 6.72. The Bertz CT molecular complexity index is 571. The number of hydrogen-bond donors (Lipinski definition) is 1. The first-order valence-corrected chi connectivity index (χ1v) is 7.28. The second-order valence-corrected chi connectivity index (χ2v) is 6.26. The zero-order valence-corrected chi connectivity index (χ0v) is 13.3. The molecule has 0 saturated heterocycles. The summed E-state index contributed by atoms with van der Waals surface area (Å²) < 4.78 is 5.13. The minimum Gasteiger partial charge on any atom is -0.481 e. The number of nitrogens with zero attached hydrogens (tertiary/aromatic N) is 1. The predicted octanol–water partition coefficient (Wildman–Crippen LogP) is 3.68. The van der Waals surface area contributed by atoms with Gasteiger partial charge in [0.15, 0.2) is 0 Å². The lowest BCUT2D eigenvalue weighted by molar-refractivity contribution is 0.397. The Morgan fingerprint density at radius 1 is 1.00 bits per heavy atom. The Morgan fingerprint density at radius 2 is 1.67 bits per heavy atom. The average molecular weight is 284 g/mol. The quantitative estimate of drug-likeness (QED) is 0.909. The van der Waals surface area contributed by atoms with Gasteiger partial charge in [0.2, 0.25) is 5.88 Å². The van der Waals surface area contributed by atoms with Crippen molar-refractivity contribution < 1.29 is 4.74 Å². The van der Waals surface area contributed by atoms with Crippen LogP contribution in [0.3, 0.4) is 0 Å². The van der Waals surface area contributed by atoms with Gasteiger partial charge in [0, 0.05) is 25.4 Å². The minimum atomic E-state index is 0.208. The van der Waals surface area contributed by atoms with Crippen LogP contribution in [-0.2, 0) is 18.5 Å². The fourth-order valence-electron chi connectivity index (χ4n) is 2.15. The van der Waals surface area contributed by atoms with Crippen molar-refractivity contribution in [3.05, 3.63) is 59.3 Å². The van der Waals surface area contributed by atoms with Gasteiger partial charge in [0.25, 0.3) is 0 Å². The lowest BCUT2D eigenvalue weighted by Crippen LogP contribution is -2.14. The Morgan fingerprint density at radius 3 is 2.29 bits per heavy atom. The standard InChI is InChI=1S/C18H24N2O/c1-18(2,3)16-7-5-14(6-8-16)12-19-13-15-9-10-20-17(11-15)21-4/h5-11,19H,12-13H2,1-4H3. The first kappa shape index (κ1) is 15.5. The number of rotatable bonds is 5. The van der Waals surface area contributed by atoms with Crippen molar-refractivity contribution in [1.82, 2.24) is 10.3 Å². The summed E-state index contributed by atoms with van der Waals surface area (Å²) in [6, 6.07) is 12.8. The van der Waals surface area contributed by atoms with E-state index in [1.807, 2.05) is 12.1 Å². The molecule has 1 aromatic carbocycles. The van der Waals surface area contributed by atoms with Gasteiger partial charge >= 0.3 is 0 Å². The third-order valence-electron chi connectivity index (χ3n) is 3.49. The summed E-state index contributed by atoms with van der Waals surface area (Å²) in [5.74, 6) is 0.656. The predicted molar refractivity (Wildman–Crippen MR) is 86.5 cm³/mol. The van der Waals surface area contributed by atoms with Crippen molar-refractivity contribution in [1.29, 1.82) is 0 Å². The number of hydrogen-bond acceptors (Lipinski definition) is 3. The molecule has 0 aliphatic carbocycles. The maximum Gasteiger partial charge on any atom is 0.213 e. The number of ether oxygens (including phenoxy) is 1. The van der Waals surface area contributed by atoms with E-state index < -0.39 is 0 Å². The maximum absolute atomic E-state index is 5.13. The molecule has 3 nitrogen and oxygen atoms in total. The highest BCUT2D eigenvalue weighted by atomic mass is 16.5. The van der Waals surface area contributed by atoms with Crippen LogP contribution in [0.1, 0.15) is 37.5 Å². The van der Waals surface area contributed by atoms with Gasteiger partial charge in [-0.25, -0.2) is 4.98 Å². The molecule has 2 aromatic rings. The summed E-state index contributed by atoms with van der Waals surface area (Å²) in [6.07, 6.45) is 1.77. The van der Waals surface area contributed by atoms with E-state index in [1.54, 1.807) is 13.3 Å². The third kappa shape index (κ3) is 4.57. The molecule has 2 rings (SSSR count). The topological polar surface area (TPSA) is 34.1 Å². The highest BCUT2D eigenvalue weighted by Gasteiger charge is 2.12. The SMILES string of the molecule is COc1cc(CNCc2ccc(C(C)(C)C)cc2)ccn1. The van der Waals surface area contributed by atoms with Crippen LogP contribution in [0.25, 0.3) is 0 Å². The molecule has 0 fully saturated rings. The van der Waals surface area contributed by atoms with E-state index in [2.05, 4.69) is 55.3 Å². The van der Waals surface area contributed by atoms with Crippen molar-refractivity contribution in [3.63, 3.8) is 0 Å². The Balaban J connectivity index is 1.88. The minimum absolute atomic E-state index is 0.208. The highest BCUT2D eigenvalue weighted by Crippen LogP contribution is 2.22. The van der Waals surface area contributed by atoms with Crippen LogP contribution >= 0.6 is 0 Å². The number of pyridine rings is 1. The summed E-state index contributed by atoms with van der Waals surface area (Å²) in [5.41, 5.74) is 4.04. The van der Waals surface area contributed by atoms with Crippen LogP contribution < -0.4 is 10.1 Å². The van der Waals surface area contributed by atoms with E-state index in [-0.39, 0.29) is 5.41 Å². The Kier molecular flexibility index (Phi) is 4.97. The van der Waals surface area contributed by atoms with E-state index in [9.17, 15) is 0 Å². The van der Waals surface area contributed by atoms with E-state index in [0.29, 0.717) is 5.88 Å². The molecule has 0 aliphatic rings. The van der Waals surface area contributed by atoms with Crippen molar-refractivity contribution in [2.24, 2.45) is 0 Å². The lowest BCUT2D eigenvalue weighted by Gasteiger charge is -2.19. The van der Waals surface area contributed by atoms with Gasteiger partial charge in [-0.15, -0.1) is 0 Å². The van der Waals surface area contributed by atoms with Crippen molar-refractivity contribution >= 4 is 0 Å². The number of benzene rings is 1. The van der Waals surface area contributed by atoms with E-state index >= 15 is 0 Å². The zero-order chi connectivity index (χ0) is 15.3. The van der Waals surface area contributed by atoms with Gasteiger partial charge in [-0.3, -0.25) is 0 Å². The molecule has 0 atom stereocenters. The molecule has 0 aliphatic heterocycles. The highest BCUT2D eigenvalue weighted by molar-refractivity contribution is 5.27. The van der Waals surface area contributed by atoms with Gasteiger partial charge in [0.05, 0.1) is 7.11 Å². The van der Waals surface area contributed by atoms with Gasteiger partial charge in [-0.05, 0) is 28.2 Å². The van der Waals surface area contributed by atoms with Crippen LogP contribution in [0.4, 0.5) is 0 Å². The summed E-state index contributed by atoms with van der Waals surface area (Å²) in [4.78, 5) is 4.11. The molecule has 0 amide bonds. The summed E-state index contributed by atoms with van der Waals surface area (Å²) in [7, 11) is 1.64. The fourth-order valence-corrected chi connectivity index (χ4v) is 2.15. The normalized spacial score (nSPS) is 11.4. The van der Waals surface area contributed by atoms with Crippen LogP contribution in [0.5, 0.6) is 5.88 Å². The molecule has 1 heterocycles. The molecule has 112 valence electrons. The van der Waals surface area contributed by atoms with E-state index in [4.69, 9.17) is 4.74 Å². The lowest BCUT2D eigenvalue weighted by atomic mass is 9.87. The van der Waals surface area contributed by atoms with Crippen LogP contribution in [0.2, 0.25) is 0 Å². The first-order chi connectivity index (χ1) is 9.99. The van der Waals surface area contributed by atoms with Gasteiger partial charge in [0.1, 0.15) is 0 Å². The van der Waals surface area contributed by atoms with Crippen molar-refractivity contribution in [3.8, 4) is 5.88 Å². The van der Waals surface area contributed by atoms with E-state index in [0.717, 1.165) is 13.1 Å². The van der Waals surface area contributed by atoms with Crippen molar-refractivity contribution in [2.45, 2.75) is 39.3 Å². The van der Waals surface area contributed by atoms with Gasteiger partial charge in [-0.2, -0.15) is 0 Å². The number of nitrogens with one attached hydrogen (secondary N) is 1. The molecule has 3 heteroatoms. The molecular weight excluding hydrogens is 260 g/mol. The Hall–Kier alpha value is -1.87. The summed E-state index contributed by atoms with van der Waals surface area (Å²) >= 11 is 0. The summed E-state index contributed by atoms with van der Waals surface area (Å²) in [6.45, 7) is 8.36. The second-order valence-electron chi connectivity index (χ2n) is 6.26. The largest absolute Gasteiger partial charge is 0.481 e. The maximum atomic E-state index is 5.13. The molecule has 0 unspecified atom stereocenters. The molecule has 0 bridgehead atoms. The monoisotopic (exact) mass is 284 g/mol. The zero-order valence-electron chi connectivity index (χ0n) is 13.3. The molecule has 21 heavy (non-hydrogen) atoms. The molecule has 0 spiro atoms. The first-order valence-electron chi connectivity index (χ1n) is 7.28. The number of aromatic nitrogens is 1. The van der Waals surface area contributed by atoms with Crippen molar-refractivity contribution in [2.75, 3.05) is 7.11 Å². The molecule has 1 aromatic heterocycles. The van der Waals surface area contributed by atoms with E-state index in [1.165, 1.54) is 16.7 Å². The Labute approximate surface area is 127 Å². The van der Waals surface area contributed by atoms with Crippen LogP contribution in [0, 0.1) is 0 Å². The molecular formula is C18H24N2O. The fraction of sp³-hybridized carbons (Fsp3) is 0.389. The van der Waals surface area contributed by atoms with Gasteiger partial charge < -0.3 is 10.1 Å².